The van der Waals surface area contributed by atoms with Gasteiger partial charge in [0.1, 0.15) is 10.7 Å². The second kappa shape index (κ2) is 3.77. The molecule has 1 aliphatic heterocycles. The lowest BCUT2D eigenvalue weighted by molar-refractivity contribution is -0.402. The van der Waals surface area contributed by atoms with Crippen LogP contribution >= 0.6 is 0 Å². The zero-order chi connectivity index (χ0) is 9.97. The van der Waals surface area contributed by atoms with E-state index in [1.807, 2.05) is 5.01 Å². The van der Waals surface area contributed by atoms with Crippen LogP contribution in [0.25, 0.3) is 0 Å². The summed E-state index contributed by atoms with van der Waals surface area (Å²) in [5.41, 5.74) is 3.15. The molecule has 76 valence electrons. The molecule has 14 heavy (non-hydrogen) atoms. The molecule has 0 spiro atoms. The quantitative estimate of drug-likeness (QED) is 0.575. The molecule has 0 unspecified atom stereocenters. The van der Waals surface area contributed by atoms with Crippen LogP contribution < -0.4 is 5.43 Å². The van der Waals surface area contributed by atoms with E-state index in [1.54, 1.807) is 6.07 Å². The van der Waals surface area contributed by atoms with Crippen molar-refractivity contribution >= 4 is 5.88 Å². The van der Waals surface area contributed by atoms with Gasteiger partial charge in [0.05, 0.1) is 12.6 Å². The Bertz CT molecular complexity index is 330. The van der Waals surface area contributed by atoms with Crippen molar-refractivity contribution in [2.45, 2.75) is 13.0 Å². The van der Waals surface area contributed by atoms with Gasteiger partial charge in [-0.1, -0.05) is 0 Å². The van der Waals surface area contributed by atoms with Crippen LogP contribution in [0.5, 0.6) is 0 Å². The van der Waals surface area contributed by atoms with E-state index in [9.17, 15) is 10.1 Å². The van der Waals surface area contributed by atoms with Crippen molar-refractivity contribution in [2.24, 2.45) is 0 Å². The van der Waals surface area contributed by atoms with E-state index < -0.39 is 4.92 Å². The van der Waals surface area contributed by atoms with Crippen molar-refractivity contribution in [1.29, 1.82) is 0 Å². The van der Waals surface area contributed by atoms with Crippen LogP contribution in [-0.2, 0) is 6.54 Å². The monoisotopic (exact) mass is 197 g/mol. The number of nitrogens with zero attached hydrogens (tertiary/aromatic N) is 2. The predicted octanol–water partition coefficient (Wildman–Crippen LogP) is 0.898. The van der Waals surface area contributed by atoms with E-state index in [2.05, 4.69) is 5.43 Å². The van der Waals surface area contributed by atoms with Gasteiger partial charge in [0.15, 0.2) is 0 Å². The Morgan fingerprint density at radius 2 is 2.50 bits per heavy atom. The Kier molecular flexibility index (Phi) is 2.47. The summed E-state index contributed by atoms with van der Waals surface area (Å²) >= 11 is 0. The molecule has 1 fully saturated rings. The molecule has 0 amide bonds. The van der Waals surface area contributed by atoms with Crippen LogP contribution in [0.3, 0.4) is 0 Å². The Hall–Kier alpha value is -1.40. The first kappa shape index (κ1) is 9.17. The molecule has 0 radical (unpaired) electrons. The maximum atomic E-state index is 10.3. The van der Waals surface area contributed by atoms with E-state index >= 15 is 0 Å². The summed E-state index contributed by atoms with van der Waals surface area (Å²) in [4.78, 5) is 9.81. The van der Waals surface area contributed by atoms with Gasteiger partial charge in [-0.05, 0) is 12.5 Å². The van der Waals surface area contributed by atoms with Gasteiger partial charge in [0.2, 0.25) is 0 Å². The highest BCUT2D eigenvalue weighted by Crippen LogP contribution is 2.17. The van der Waals surface area contributed by atoms with Crippen LogP contribution in [0, 0.1) is 10.1 Å². The Labute approximate surface area is 80.6 Å². The molecule has 1 aromatic heterocycles. The van der Waals surface area contributed by atoms with Crippen LogP contribution in [0.4, 0.5) is 5.88 Å². The molecule has 0 saturated carbocycles. The second-order valence-electron chi connectivity index (χ2n) is 3.18. The average Bonchev–Trinajstić information content (AvgIpc) is 2.75. The lowest BCUT2D eigenvalue weighted by Gasteiger charge is -2.11. The lowest BCUT2D eigenvalue weighted by atomic mass is 10.4. The van der Waals surface area contributed by atoms with Gasteiger partial charge in [0.25, 0.3) is 0 Å². The van der Waals surface area contributed by atoms with E-state index in [0.717, 1.165) is 19.5 Å². The normalized spacial score (nSPS) is 17.4. The zero-order valence-electron chi connectivity index (χ0n) is 7.60. The van der Waals surface area contributed by atoms with Crippen molar-refractivity contribution < 1.29 is 9.34 Å². The number of hydrogen-bond donors (Lipinski definition) is 1. The average molecular weight is 197 g/mol. The molecule has 2 heterocycles. The van der Waals surface area contributed by atoms with Crippen LogP contribution in [0.1, 0.15) is 12.2 Å². The van der Waals surface area contributed by atoms with Crippen molar-refractivity contribution in [3.63, 3.8) is 0 Å². The minimum absolute atomic E-state index is 0.195. The molecule has 6 heteroatoms. The van der Waals surface area contributed by atoms with Crippen molar-refractivity contribution in [3.05, 3.63) is 28.0 Å². The Morgan fingerprint density at radius 3 is 3.07 bits per heavy atom. The maximum absolute atomic E-state index is 10.3. The van der Waals surface area contributed by atoms with E-state index in [4.69, 9.17) is 4.42 Å². The SMILES string of the molecule is O=[N+]([O-])c1ccc(CN2CCCN2)o1. The minimum Gasteiger partial charge on any atom is -0.404 e. The van der Waals surface area contributed by atoms with Gasteiger partial charge in [-0.3, -0.25) is 15.5 Å². The predicted molar refractivity (Wildman–Crippen MR) is 48.4 cm³/mol. The van der Waals surface area contributed by atoms with Crippen molar-refractivity contribution in [3.8, 4) is 0 Å². The van der Waals surface area contributed by atoms with Crippen LogP contribution in [-0.4, -0.2) is 23.0 Å². The number of hydrazine groups is 1. The number of nitro groups is 1. The lowest BCUT2D eigenvalue weighted by Crippen LogP contribution is -2.29. The highest BCUT2D eigenvalue weighted by molar-refractivity contribution is 5.17. The van der Waals surface area contributed by atoms with Gasteiger partial charge in [-0.15, -0.1) is 0 Å². The molecule has 1 saturated heterocycles. The first-order valence-electron chi connectivity index (χ1n) is 4.47. The fourth-order valence-electron chi connectivity index (χ4n) is 1.46. The molecule has 2 rings (SSSR count). The number of nitrogens with one attached hydrogen (secondary N) is 1. The summed E-state index contributed by atoms with van der Waals surface area (Å²) in [6.45, 7) is 2.49. The smallest absolute Gasteiger partial charge is 0.404 e. The molecule has 0 bridgehead atoms. The largest absolute Gasteiger partial charge is 0.433 e. The second-order valence-corrected chi connectivity index (χ2v) is 3.18. The minimum atomic E-state index is -0.527. The topological polar surface area (TPSA) is 71.6 Å². The molecule has 6 nitrogen and oxygen atoms in total. The third kappa shape index (κ3) is 1.91. The van der Waals surface area contributed by atoms with E-state index in [1.165, 1.54) is 6.07 Å². The van der Waals surface area contributed by atoms with Gasteiger partial charge < -0.3 is 4.42 Å². The van der Waals surface area contributed by atoms with E-state index in [-0.39, 0.29) is 5.88 Å². The summed E-state index contributed by atoms with van der Waals surface area (Å²) in [6, 6.07) is 3.02. The molecule has 0 aromatic carbocycles. The molecule has 1 aliphatic rings. The van der Waals surface area contributed by atoms with Crippen molar-refractivity contribution in [2.75, 3.05) is 13.1 Å². The van der Waals surface area contributed by atoms with Gasteiger partial charge in [0, 0.05) is 13.1 Å². The fourth-order valence-corrected chi connectivity index (χ4v) is 1.46. The van der Waals surface area contributed by atoms with Gasteiger partial charge in [-0.2, -0.15) is 0 Å². The van der Waals surface area contributed by atoms with Crippen LogP contribution in [0.15, 0.2) is 16.5 Å². The van der Waals surface area contributed by atoms with Gasteiger partial charge in [-0.25, -0.2) is 5.01 Å². The molecular formula is C8H11N3O3. The summed E-state index contributed by atoms with van der Waals surface area (Å²) in [5.74, 6) is 0.422. The molecule has 1 aromatic rings. The zero-order valence-corrected chi connectivity index (χ0v) is 7.60. The fraction of sp³-hybridized carbons (Fsp3) is 0.500. The summed E-state index contributed by atoms with van der Waals surface area (Å²) in [7, 11) is 0. The van der Waals surface area contributed by atoms with Gasteiger partial charge >= 0.3 is 5.88 Å². The Morgan fingerprint density at radius 1 is 1.64 bits per heavy atom. The van der Waals surface area contributed by atoms with E-state index in [0.29, 0.717) is 12.3 Å². The van der Waals surface area contributed by atoms with Crippen molar-refractivity contribution in [1.82, 2.24) is 10.4 Å². The highest BCUT2D eigenvalue weighted by atomic mass is 16.6. The third-order valence-corrected chi connectivity index (χ3v) is 2.11. The molecule has 0 atom stereocenters. The first-order chi connectivity index (χ1) is 6.75. The number of hydrogen-bond acceptors (Lipinski definition) is 5. The molecular weight excluding hydrogens is 186 g/mol. The molecule has 1 N–H and O–H groups in total. The summed E-state index contributed by atoms with van der Waals surface area (Å²) in [5, 5.41) is 12.3. The molecule has 0 aliphatic carbocycles. The Balaban J connectivity index is 1.98. The summed E-state index contributed by atoms with van der Waals surface area (Å²) in [6.07, 6.45) is 1.10. The first-order valence-corrected chi connectivity index (χ1v) is 4.47. The summed E-state index contributed by atoms with van der Waals surface area (Å²) < 4.78 is 5.03. The highest BCUT2D eigenvalue weighted by Gasteiger charge is 2.16. The number of furan rings is 1. The number of rotatable bonds is 3. The van der Waals surface area contributed by atoms with Crippen LogP contribution in [0.2, 0.25) is 0 Å². The maximum Gasteiger partial charge on any atom is 0.433 e. The third-order valence-electron chi connectivity index (χ3n) is 2.11. The standard InChI is InChI=1S/C8H11N3O3/c12-11(13)8-3-2-7(14-8)6-10-5-1-4-9-10/h2-3,9H,1,4-6H2.